The maximum absolute atomic E-state index is 12.3. The van der Waals surface area contributed by atoms with Crippen LogP contribution in [-0.2, 0) is 9.53 Å². The Morgan fingerprint density at radius 1 is 1.10 bits per heavy atom. The zero-order chi connectivity index (χ0) is 15.5. The zero-order valence-electron chi connectivity index (χ0n) is 13.1. The van der Waals surface area contributed by atoms with Gasteiger partial charge in [0.25, 0.3) is 5.91 Å². The van der Waals surface area contributed by atoms with Gasteiger partial charge in [-0.1, -0.05) is 17.2 Å². The van der Waals surface area contributed by atoms with Crippen molar-refractivity contribution in [3.63, 3.8) is 0 Å². The normalized spacial score (nSPS) is 11.1. The summed E-state index contributed by atoms with van der Waals surface area (Å²) in [4.78, 5) is 25.4. The lowest BCUT2D eigenvalue weighted by Crippen LogP contribution is -2.36. The molecule has 0 saturated heterocycles. The van der Waals surface area contributed by atoms with Crippen molar-refractivity contribution in [1.29, 1.82) is 0 Å². The SMILES string of the molecule is Cc1cc(C)cc(C(=O)N(C)CC(=O)OC(C)(C)C)c1. The summed E-state index contributed by atoms with van der Waals surface area (Å²) in [6.07, 6.45) is 0. The Balaban J connectivity index is 2.74. The van der Waals surface area contributed by atoms with Gasteiger partial charge in [0.1, 0.15) is 12.1 Å². The molecule has 0 spiro atoms. The lowest BCUT2D eigenvalue weighted by atomic mass is 10.1. The summed E-state index contributed by atoms with van der Waals surface area (Å²) in [6.45, 7) is 9.24. The van der Waals surface area contributed by atoms with E-state index < -0.39 is 11.6 Å². The Hall–Kier alpha value is -1.84. The third-order valence-electron chi connectivity index (χ3n) is 2.60. The minimum atomic E-state index is -0.541. The highest BCUT2D eigenvalue weighted by atomic mass is 16.6. The Morgan fingerprint density at radius 2 is 1.60 bits per heavy atom. The Kier molecular flexibility index (Phi) is 4.93. The molecular weight excluding hydrogens is 254 g/mol. The first-order chi connectivity index (χ1) is 9.08. The molecule has 1 amide bonds. The summed E-state index contributed by atoms with van der Waals surface area (Å²) < 4.78 is 5.21. The second kappa shape index (κ2) is 6.07. The smallest absolute Gasteiger partial charge is 0.326 e. The van der Waals surface area contributed by atoms with Crippen LogP contribution in [0, 0.1) is 13.8 Å². The molecule has 0 N–H and O–H groups in total. The maximum Gasteiger partial charge on any atom is 0.326 e. The zero-order valence-corrected chi connectivity index (χ0v) is 13.1. The van der Waals surface area contributed by atoms with E-state index in [2.05, 4.69) is 0 Å². The van der Waals surface area contributed by atoms with Crippen LogP contribution in [0.1, 0.15) is 42.3 Å². The van der Waals surface area contributed by atoms with Gasteiger partial charge in [0.2, 0.25) is 0 Å². The number of aryl methyl sites for hydroxylation is 2. The van der Waals surface area contributed by atoms with Crippen molar-refractivity contribution < 1.29 is 14.3 Å². The van der Waals surface area contributed by atoms with Gasteiger partial charge in [-0.05, 0) is 46.8 Å². The van der Waals surface area contributed by atoms with E-state index in [-0.39, 0.29) is 12.5 Å². The van der Waals surface area contributed by atoms with E-state index in [0.29, 0.717) is 5.56 Å². The van der Waals surface area contributed by atoms with Crippen LogP contribution in [0.3, 0.4) is 0 Å². The van der Waals surface area contributed by atoms with Crippen LogP contribution in [0.2, 0.25) is 0 Å². The summed E-state index contributed by atoms with van der Waals surface area (Å²) >= 11 is 0. The van der Waals surface area contributed by atoms with Crippen molar-refractivity contribution in [1.82, 2.24) is 4.90 Å². The Labute approximate surface area is 120 Å². The lowest BCUT2D eigenvalue weighted by molar-refractivity contribution is -0.155. The molecule has 0 atom stereocenters. The number of hydrogen-bond acceptors (Lipinski definition) is 3. The van der Waals surface area contributed by atoms with Gasteiger partial charge in [-0.25, -0.2) is 0 Å². The number of likely N-dealkylation sites (N-methyl/N-ethyl adjacent to an activating group) is 1. The van der Waals surface area contributed by atoms with Gasteiger partial charge in [0.15, 0.2) is 0 Å². The van der Waals surface area contributed by atoms with Gasteiger partial charge in [0, 0.05) is 12.6 Å². The molecule has 0 bridgehead atoms. The average molecular weight is 277 g/mol. The molecule has 1 aromatic rings. The molecule has 4 nitrogen and oxygen atoms in total. The summed E-state index contributed by atoms with van der Waals surface area (Å²) in [6, 6.07) is 5.65. The van der Waals surface area contributed by atoms with Crippen molar-refractivity contribution in [2.24, 2.45) is 0 Å². The van der Waals surface area contributed by atoms with Crippen molar-refractivity contribution >= 4 is 11.9 Å². The van der Waals surface area contributed by atoms with Gasteiger partial charge < -0.3 is 9.64 Å². The molecule has 0 fully saturated rings. The number of carbonyl (C=O) groups is 2. The van der Waals surface area contributed by atoms with Gasteiger partial charge in [0.05, 0.1) is 0 Å². The van der Waals surface area contributed by atoms with Gasteiger partial charge in [-0.2, -0.15) is 0 Å². The highest BCUT2D eigenvalue weighted by Crippen LogP contribution is 2.12. The van der Waals surface area contributed by atoms with Crippen LogP contribution >= 0.6 is 0 Å². The molecule has 0 radical (unpaired) electrons. The van der Waals surface area contributed by atoms with E-state index in [4.69, 9.17) is 4.74 Å². The van der Waals surface area contributed by atoms with Crippen LogP contribution in [0.4, 0.5) is 0 Å². The standard InChI is InChI=1S/C16H23NO3/c1-11-7-12(2)9-13(8-11)15(19)17(6)10-14(18)20-16(3,4)5/h7-9H,10H2,1-6H3. The molecule has 0 aliphatic heterocycles. The van der Waals surface area contributed by atoms with Crippen LogP contribution in [0.5, 0.6) is 0 Å². The topological polar surface area (TPSA) is 46.6 Å². The first kappa shape index (κ1) is 16.2. The number of nitrogens with zero attached hydrogens (tertiary/aromatic N) is 1. The molecular formula is C16H23NO3. The van der Waals surface area contributed by atoms with Crippen molar-refractivity contribution in [3.8, 4) is 0 Å². The number of rotatable bonds is 3. The molecule has 0 aromatic heterocycles. The monoisotopic (exact) mass is 277 g/mol. The molecule has 0 saturated carbocycles. The van der Waals surface area contributed by atoms with Crippen molar-refractivity contribution in [2.45, 2.75) is 40.2 Å². The second-order valence-electron chi connectivity index (χ2n) is 6.12. The van der Waals surface area contributed by atoms with Gasteiger partial charge >= 0.3 is 5.97 Å². The van der Waals surface area contributed by atoms with Crippen LogP contribution in [0.15, 0.2) is 18.2 Å². The van der Waals surface area contributed by atoms with Gasteiger partial charge in [-0.3, -0.25) is 9.59 Å². The van der Waals surface area contributed by atoms with Crippen LogP contribution < -0.4 is 0 Å². The Bertz CT molecular complexity index is 495. The average Bonchev–Trinajstić information content (AvgIpc) is 2.23. The first-order valence-electron chi connectivity index (χ1n) is 6.64. The van der Waals surface area contributed by atoms with E-state index in [9.17, 15) is 9.59 Å². The number of amides is 1. The van der Waals surface area contributed by atoms with E-state index in [1.54, 1.807) is 27.8 Å². The fourth-order valence-electron chi connectivity index (χ4n) is 1.96. The lowest BCUT2D eigenvalue weighted by Gasteiger charge is -2.22. The van der Waals surface area contributed by atoms with E-state index in [1.807, 2.05) is 32.0 Å². The second-order valence-corrected chi connectivity index (χ2v) is 6.12. The Morgan fingerprint density at radius 3 is 2.05 bits per heavy atom. The molecule has 0 unspecified atom stereocenters. The molecule has 110 valence electrons. The summed E-state index contributed by atoms with van der Waals surface area (Å²) in [5.74, 6) is -0.583. The third kappa shape index (κ3) is 5.03. The number of benzene rings is 1. The fraction of sp³-hybridized carbons (Fsp3) is 0.500. The molecule has 0 aliphatic rings. The molecule has 20 heavy (non-hydrogen) atoms. The third-order valence-corrected chi connectivity index (χ3v) is 2.60. The van der Waals surface area contributed by atoms with Crippen molar-refractivity contribution in [2.75, 3.05) is 13.6 Å². The fourth-order valence-corrected chi connectivity index (χ4v) is 1.96. The highest BCUT2D eigenvalue weighted by Gasteiger charge is 2.20. The summed E-state index contributed by atoms with van der Waals surface area (Å²) in [5, 5.41) is 0. The van der Waals surface area contributed by atoms with E-state index >= 15 is 0 Å². The summed E-state index contributed by atoms with van der Waals surface area (Å²) in [7, 11) is 1.60. The predicted molar refractivity (Wildman–Crippen MR) is 78.7 cm³/mol. The number of hydrogen-bond donors (Lipinski definition) is 0. The molecule has 4 heteroatoms. The van der Waals surface area contributed by atoms with Crippen LogP contribution in [-0.4, -0.2) is 36.0 Å². The minimum Gasteiger partial charge on any atom is -0.459 e. The molecule has 1 rings (SSSR count). The van der Waals surface area contributed by atoms with E-state index in [0.717, 1.165) is 11.1 Å². The van der Waals surface area contributed by atoms with Crippen LogP contribution in [0.25, 0.3) is 0 Å². The molecule has 0 heterocycles. The first-order valence-corrected chi connectivity index (χ1v) is 6.64. The number of esters is 1. The van der Waals surface area contributed by atoms with E-state index in [1.165, 1.54) is 4.90 Å². The largest absolute Gasteiger partial charge is 0.459 e. The predicted octanol–water partition coefficient (Wildman–Crippen LogP) is 2.72. The molecule has 1 aromatic carbocycles. The number of carbonyl (C=O) groups excluding carboxylic acids is 2. The summed E-state index contributed by atoms with van der Waals surface area (Å²) in [5.41, 5.74) is 2.10. The van der Waals surface area contributed by atoms with Crippen molar-refractivity contribution in [3.05, 3.63) is 34.9 Å². The minimum absolute atomic E-state index is 0.0525. The highest BCUT2D eigenvalue weighted by molar-refractivity contribution is 5.96. The maximum atomic E-state index is 12.3. The molecule has 0 aliphatic carbocycles. The quantitative estimate of drug-likeness (QED) is 0.798. The van der Waals surface area contributed by atoms with Gasteiger partial charge in [-0.15, -0.1) is 0 Å². The number of ether oxygens (including phenoxy) is 1.